The summed E-state index contributed by atoms with van der Waals surface area (Å²) < 4.78 is 12.3. The van der Waals surface area contributed by atoms with Crippen LogP contribution in [0.1, 0.15) is 43.1 Å². The minimum Gasteiger partial charge on any atom is -0.508 e. The summed E-state index contributed by atoms with van der Waals surface area (Å²) in [6.07, 6.45) is 1.75. The fraction of sp³-hybridized carbons (Fsp3) is 0.400. The van der Waals surface area contributed by atoms with Crippen LogP contribution in [0.15, 0.2) is 36.4 Å². The Labute approximate surface area is 141 Å². The summed E-state index contributed by atoms with van der Waals surface area (Å²) >= 11 is 0. The first kappa shape index (κ1) is 15.3. The van der Waals surface area contributed by atoms with Crippen molar-refractivity contribution in [2.45, 2.75) is 50.9 Å². The van der Waals surface area contributed by atoms with E-state index in [1.54, 1.807) is 12.1 Å². The molecule has 2 aliphatic heterocycles. The Morgan fingerprint density at radius 2 is 1.83 bits per heavy atom. The van der Waals surface area contributed by atoms with Gasteiger partial charge in [0.2, 0.25) is 0 Å². The molecule has 4 nitrogen and oxygen atoms in total. The summed E-state index contributed by atoms with van der Waals surface area (Å²) in [6.45, 7) is 3.81. The zero-order valence-electron chi connectivity index (χ0n) is 14.0. The molecule has 2 heterocycles. The highest BCUT2D eigenvalue weighted by Crippen LogP contribution is 2.45. The maximum Gasteiger partial charge on any atom is 0.130 e. The number of benzene rings is 2. The Balaban J connectivity index is 1.69. The average Bonchev–Trinajstić information content (AvgIpc) is 2.56. The topological polar surface area (TPSA) is 58.9 Å². The van der Waals surface area contributed by atoms with E-state index in [0.29, 0.717) is 6.42 Å². The number of phenols is 1. The number of aromatic hydroxyl groups is 1. The van der Waals surface area contributed by atoms with Crippen LogP contribution in [-0.4, -0.2) is 21.9 Å². The quantitative estimate of drug-likeness (QED) is 0.842. The summed E-state index contributed by atoms with van der Waals surface area (Å²) in [4.78, 5) is 0. The molecule has 2 aromatic carbocycles. The van der Waals surface area contributed by atoms with Crippen LogP contribution in [0.4, 0.5) is 0 Å². The van der Waals surface area contributed by atoms with E-state index in [2.05, 4.69) is 6.07 Å². The molecule has 2 atom stereocenters. The first-order chi connectivity index (χ1) is 11.4. The number of ether oxygens (including phenoxy) is 2. The van der Waals surface area contributed by atoms with Gasteiger partial charge < -0.3 is 19.7 Å². The summed E-state index contributed by atoms with van der Waals surface area (Å²) in [5.41, 5.74) is 2.59. The van der Waals surface area contributed by atoms with Crippen LogP contribution in [-0.2, 0) is 12.8 Å². The molecule has 126 valence electrons. The van der Waals surface area contributed by atoms with Gasteiger partial charge in [-0.05, 0) is 56.0 Å². The molecule has 2 unspecified atom stereocenters. The van der Waals surface area contributed by atoms with E-state index in [1.165, 1.54) is 5.56 Å². The van der Waals surface area contributed by atoms with E-state index < -0.39 is 11.7 Å². The molecular formula is C20H22O4. The maximum atomic E-state index is 10.4. The molecule has 0 amide bonds. The highest BCUT2D eigenvalue weighted by Gasteiger charge is 2.38. The number of fused-ring (bicyclic) bond motifs is 3. The number of hydrogen-bond donors (Lipinski definition) is 2. The third kappa shape index (κ3) is 2.51. The van der Waals surface area contributed by atoms with E-state index in [4.69, 9.17) is 9.47 Å². The molecule has 0 saturated carbocycles. The smallest absolute Gasteiger partial charge is 0.130 e. The Kier molecular flexibility index (Phi) is 3.46. The predicted molar refractivity (Wildman–Crippen MR) is 90.7 cm³/mol. The fourth-order valence-corrected chi connectivity index (χ4v) is 3.49. The van der Waals surface area contributed by atoms with Gasteiger partial charge in [0.1, 0.15) is 29.0 Å². The van der Waals surface area contributed by atoms with Gasteiger partial charge in [-0.15, -0.1) is 0 Å². The highest BCUT2D eigenvalue weighted by atomic mass is 16.5. The van der Waals surface area contributed by atoms with Gasteiger partial charge in [-0.2, -0.15) is 0 Å². The minimum atomic E-state index is -0.591. The van der Waals surface area contributed by atoms with Crippen LogP contribution in [0, 0.1) is 0 Å². The summed E-state index contributed by atoms with van der Waals surface area (Å²) in [6, 6.07) is 11.2. The van der Waals surface area contributed by atoms with Crippen molar-refractivity contribution >= 4 is 0 Å². The molecule has 0 bridgehead atoms. The second kappa shape index (κ2) is 5.42. The molecule has 24 heavy (non-hydrogen) atoms. The summed E-state index contributed by atoms with van der Waals surface area (Å²) in [7, 11) is 0. The van der Waals surface area contributed by atoms with Crippen LogP contribution in [0.5, 0.6) is 17.2 Å². The van der Waals surface area contributed by atoms with Crippen LogP contribution in [0.25, 0.3) is 0 Å². The van der Waals surface area contributed by atoms with E-state index in [-0.39, 0.29) is 11.9 Å². The SMILES string of the molecule is CC1(C)Oc2ccc3c(c2CC1O)OC(c1ccc(O)cc1)CC3. The van der Waals surface area contributed by atoms with Gasteiger partial charge in [0.05, 0.1) is 6.10 Å². The average molecular weight is 326 g/mol. The van der Waals surface area contributed by atoms with Gasteiger partial charge in [-0.1, -0.05) is 18.2 Å². The zero-order chi connectivity index (χ0) is 16.9. The molecular weight excluding hydrogens is 304 g/mol. The molecule has 0 fully saturated rings. The number of phenolic OH excluding ortho intramolecular Hbond substituents is 1. The van der Waals surface area contributed by atoms with E-state index in [1.807, 2.05) is 32.0 Å². The van der Waals surface area contributed by atoms with Gasteiger partial charge in [0, 0.05) is 12.0 Å². The van der Waals surface area contributed by atoms with Crippen molar-refractivity contribution in [3.05, 3.63) is 53.1 Å². The van der Waals surface area contributed by atoms with Gasteiger partial charge >= 0.3 is 0 Å². The summed E-state index contributed by atoms with van der Waals surface area (Å²) in [5.74, 6) is 1.91. The molecule has 0 spiro atoms. The molecule has 0 aliphatic carbocycles. The van der Waals surface area contributed by atoms with Crippen molar-refractivity contribution < 1.29 is 19.7 Å². The third-order valence-electron chi connectivity index (χ3n) is 5.07. The second-order valence-corrected chi connectivity index (χ2v) is 7.19. The van der Waals surface area contributed by atoms with Crippen LogP contribution >= 0.6 is 0 Å². The zero-order valence-corrected chi connectivity index (χ0v) is 14.0. The van der Waals surface area contributed by atoms with Gasteiger partial charge in [0.15, 0.2) is 0 Å². The lowest BCUT2D eigenvalue weighted by molar-refractivity contribution is -0.0423. The lowest BCUT2D eigenvalue weighted by Gasteiger charge is -2.39. The van der Waals surface area contributed by atoms with Crippen LogP contribution < -0.4 is 9.47 Å². The van der Waals surface area contributed by atoms with Crippen molar-refractivity contribution in [1.82, 2.24) is 0 Å². The summed E-state index contributed by atoms with van der Waals surface area (Å²) in [5, 5.41) is 19.9. The molecule has 0 radical (unpaired) electrons. The van der Waals surface area contributed by atoms with Crippen LogP contribution in [0.3, 0.4) is 0 Å². The van der Waals surface area contributed by atoms with Gasteiger partial charge in [0.25, 0.3) is 0 Å². The molecule has 2 aliphatic rings. The van der Waals surface area contributed by atoms with Crippen molar-refractivity contribution in [2.75, 3.05) is 0 Å². The van der Waals surface area contributed by atoms with Gasteiger partial charge in [-0.3, -0.25) is 0 Å². The Morgan fingerprint density at radius 3 is 2.58 bits per heavy atom. The molecule has 4 rings (SSSR count). The molecule has 2 aromatic rings. The minimum absolute atomic E-state index is 0.0447. The number of aryl methyl sites for hydroxylation is 1. The van der Waals surface area contributed by atoms with E-state index >= 15 is 0 Å². The van der Waals surface area contributed by atoms with Crippen molar-refractivity contribution in [2.24, 2.45) is 0 Å². The van der Waals surface area contributed by atoms with Crippen molar-refractivity contribution in [3.8, 4) is 17.2 Å². The number of rotatable bonds is 1. The lowest BCUT2D eigenvalue weighted by atomic mass is 9.87. The Hall–Kier alpha value is -2.20. The second-order valence-electron chi connectivity index (χ2n) is 7.19. The first-order valence-corrected chi connectivity index (χ1v) is 8.41. The van der Waals surface area contributed by atoms with Crippen molar-refractivity contribution in [3.63, 3.8) is 0 Å². The largest absolute Gasteiger partial charge is 0.508 e. The van der Waals surface area contributed by atoms with E-state index in [9.17, 15) is 10.2 Å². The third-order valence-corrected chi connectivity index (χ3v) is 5.07. The van der Waals surface area contributed by atoms with Gasteiger partial charge in [-0.25, -0.2) is 0 Å². The van der Waals surface area contributed by atoms with Crippen molar-refractivity contribution in [1.29, 1.82) is 0 Å². The normalized spacial score (nSPS) is 24.3. The molecule has 4 heteroatoms. The fourth-order valence-electron chi connectivity index (χ4n) is 3.49. The Morgan fingerprint density at radius 1 is 1.08 bits per heavy atom. The number of hydrogen-bond acceptors (Lipinski definition) is 4. The maximum absolute atomic E-state index is 10.4. The molecule has 2 N–H and O–H groups in total. The molecule has 0 saturated heterocycles. The first-order valence-electron chi connectivity index (χ1n) is 8.41. The van der Waals surface area contributed by atoms with E-state index in [0.717, 1.165) is 35.5 Å². The molecule has 0 aromatic heterocycles. The standard InChI is InChI=1S/C20H22O4/c1-20(2)18(22)11-15-17(24-20)10-6-13-5-9-16(23-19(13)15)12-3-7-14(21)8-4-12/h3-4,6-8,10,16,18,21-22H,5,9,11H2,1-2H3. The highest BCUT2D eigenvalue weighted by molar-refractivity contribution is 5.53. The predicted octanol–water partition coefficient (Wildman–Crippen LogP) is 3.53. The lowest BCUT2D eigenvalue weighted by Crippen LogP contribution is -2.46. The monoisotopic (exact) mass is 326 g/mol. The number of aliphatic hydroxyl groups excluding tert-OH is 1. The van der Waals surface area contributed by atoms with Crippen LogP contribution in [0.2, 0.25) is 0 Å². The Bertz CT molecular complexity index is 764. The number of aliphatic hydroxyl groups is 1.